The Morgan fingerprint density at radius 1 is 1.50 bits per heavy atom. The summed E-state index contributed by atoms with van der Waals surface area (Å²) in [4.78, 5) is 11.9. The maximum atomic E-state index is 11.9. The molecule has 6 nitrogen and oxygen atoms in total. The lowest BCUT2D eigenvalue weighted by Crippen LogP contribution is -2.20. The molecule has 1 saturated heterocycles. The van der Waals surface area contributed by atoms with Crippen LogP contribution in [-0.2, 0) is 19.6 Å². The Hall–Kier alpha value is -1.44. The van der Waals surface area contributed by atoms with Crippen LogP contribution >= 0.6 is 0 Å². The SMILES string of the molecule is Cc1ccc(S(N)(=O)=O)cc1NC(=O)CC1CCCO1. The minimum Gasteiger partial charge on any atom is -0.378 e. The van der Waals surface area contributed by atoms with Gasteiger partial charge in [-0.05, 0) is 37.5 Å². The fourth-order valence-electron chi connectivity index (χ4n) is 2.13. The van der Waals surface area contributed by atoms with Crippen molar-refractivity contribution >= 4 is 21.6 Å². The van der Waals surface area contributed by atoms with Gasteiger partial charge in [-0.25, -0.2) is 13.6 Å². The highest BCUT2D eigenvalue weighted by Gasteiger charge is 2.19. The fraction of sp³-hybridized carbons (Fsp3) is 0.462. The van der Waals surface area contributed by atoms with Crippen LogP contribution in [0.4, 0.5) is 5.69 Å². The van der Waals surface area contributed by atoms with E-state index in [1.165, 1.54) is 12.1 Å². The van der Waals surface area contributed by atoms with E-state index >= 15 is 0 Å². The Kier molecular flexibility index (Phi) is 4.42. The number of hydrogen-bond acceptors (Lipinski definition) is 4. The van der Waals surface area contributed by atoms with E-state index in [4.69, 9.17) is 9.88 Å². The van der Waals surface area contributed by atoms with E-state index < -0.39 is 10.0 Å². The predicted octanol–water partition coefficient (Wildman–Crippen LogP) is 1.15. The van der Waals surface area contributed by atoms with E-state index in [1.54, 1.807) is 13.0 Å². The standard InChI is InChI=1S/C13H18N2O4S/c1-9-4-5-11(20(14,17)18)8-12(9)15-13(16)7-10-3-2-6-19-10/h4-5,8,10H,2-3,6-7H2,1H3,(H,15,16)(H2,14,17,18). The monoisotopic (exact) mass is 298 g/mol. The molecular formula is C13H18N2O4S. The Bertz CT molecular complexity index is 607. The highest BCUT2D eigenvalue weighted by atomic mass is 32.2. The molecule has 1 amide bonds. The first-order valence-electron chi connectivity index (χ1n) is 6.41. The number of nitrogens with one attached hydrogen (secondary N) is 1. The van der Waals surface area contributed by atoms with Gasteiger partial charge in [-0.3, -0.25) is 4.79 Å². The third-order valence-electron chi connectivity index (χ3n) is 3.25. The summed E-state index contributed by atoms with van der Waals surface area (Å²) < 4.78 is 28.0. The molecule has 1 aliphatic rings. The average molecular weight is 298 g/mol. The van der Waals surface area contributed by atoms with E-state index in [2.05, 4.69) is 5.32 Å². The van der Waals surface area contributed by atoms with E-state index in [0.29, 0.717) is 12.3 Å². The molecule has 7 heteroatoms. The molecule has 1 aromatic carbocycles. The molecule has 1 aromatic rings. The molecule has 0 spiro atoms. The molecule has 1 atom stereocenters. The molecule has 1 fully saturated rings. The molecule has 0 saturated carbocycles. The first kappa shape index (κ1) is 15.0. The second kappa shape index (κ2) is 5.90. The number of carbonyl (C=O) groups excluding carboxylic acids is 1. The van der Waals surface area contributed by atoms with Crippen LogP contribution in [0.3, 0.4) is 0 Å². The molecule has 0 aromatic heterocycles. The second-order valence-corrected chi connectivity index (χ2v) is 6.47. The normalized spacial score (nSPS) is 19.0. The van der Waals surface area contributed by atoms with Crippen LogP contribution in [0.15, 0.2) is 23.1 Å². The molecule has 20 heavy (non-hydrogen) atoms. The smallest absolute Gasteiger partial charge is 0.238 e. The molecule has 0 bridgehead atoms. The van der Waals surface area contributed by atoms with Crippen molar-refractivity contribution in [1.29, 1.82) is 0 Å². The minimum atomic E-state index is -3.78. The van der Waals surface area contributed by atoms with E-state index in [9.17, 15) is 13.2 Å². The van der Waals surface area contributed by atoms with Crippen LogP contribution < -0.4 is 10.5 Å². The summed E-state index contributed by atoms with van der Waals surface area (Å²) in [5, 5.41) is 7.79. The maximum Gasteiger partial charge on any atom is 0.238 e. The number of amides is 1. The summed E-state index contributed by atoms with van der Waals surface area (Å²) in [5.41, 5.74) is 1.23. The van der Waals surface area contributed by atoms with Gasteiger partial charge in [0.05, 0.1) is 17.4 Å². The lowest BCUT2D eigenvalue weighted by atomic mass is 10.1. The van der Waals surface area contributed by atoms with Crippen LogP contribution in [0.25, 0.3) is 0 Å². The van der Waals surface area contributed by atoms with Crippen LogP contribution in [0.1, 0.15) is 24.8 Å². The molecule has 2 rings (SSSR count). The summed E-state index contributed by atoms with van der Waals surface area (Å²) in [7, 11) is -3.78. The van der Waals surface area contributed by atoms with Gasteiger partial charge in [-0.2, -0.15) is 0 Å². The highest BCUT2D eigenvalue weighted by molar-refractivity contribution is 7.89. The number of benzene rings is 1. The van der Waals surface area contributed by atoms with Gasteiger partial charge < -0.3 is 10.1 Å². The minimum absolute atomic E-state index is 0.0180. The van der Waals surface area contributed by atoms with Gasteiger partial charge in [0, 0.05) is 12.3 Å². The highest BCUT2D eigenvalue weighted by Crippen LogP contribution is 2.21. The largest absolute Gasteiger partial charge is 0.378 e. The zero-order valence-corrected chi connectivity index (χ0v) is 12.1. The fourth-order valence-corrected chi connectivity index (χ4v) is 2.67. The number of anilines is 1. The molecule has 0 aliphatic carbocycles. The molecule has 1 unspecified atom stereocenters. The van der Waals surface area contributed by atoms with E-state index in [-0.39, 0.29) is 23.3 Å². The van der Waals surface area contributed by atoms with Crippen molar-refractivity contribution in [3.63, 3.8) is 0 Å². The van der Waals surface area contributed by atoms with Crippen molar-refractivity contribution in [2.75, 3.05) is 11.9 Å². The molecule has 1 heterocycles. The number of aryl methyl sites for hydroxylation is 1. The van der Waals surface area contributed by atoms with E-state index in [0.717, 1.165) is 18.4 Å². The Balaban J connectivity index is 2.09. The Labute approximate surface area is 118 Å². The third kappa shape index (κ3) is 3.78. The van der Waals surface area contributed by atoms with Crippen LogP contribution in [-0.4, -0.2) is 27.0 Å². The Morgan fingerprint density at radius 2 is 2.25 bits per heavy atom. The molecular weight excluding hydrogens is 280 g/mol. The van der Waals surface area contributed by atoms with Gasteiger partial charge in [0.15, 0.2) is 0 Å². The lowest BCUT2D eigenvalue weighted by Gasteiger charge is -2.12. The number of rotatable bonds is 4. The zero-order valence-electron chi connectivity index (χ0n) is 11.3. The average Bonchev–Trinajstić information content (AvgIpc) is 2.83. The number of ether oxygens (including phenoxy) is 1. The van der Waals surface area contributed by atoms with Gasteiger partial charge in [0.2, 0.25) is 15.9 Å². The summed E-state index contributed by atoms with van der Waals surface area (Å²) >= 11 is 0. The number of hydrogen-bond donors (Lipinski definition) is 2. The van der Waals surface area contributed by atoms with Gasteiger partial charge in [0.25, 0.3) is 0 Å². The Morgan fingerprint density at radius 3 is 2.85 bits per heavy atom. The number of nitrogens with two attached hydrogens (primary N) is 1. The van der Waals surface area contributed by atoms with E-state index in [1.807, 2.05) is 0 Å². The summed E-state index contributed by atoms with van der Waals surface area (Å²) in [6.07, 6.45) is 2.08. The van der Waals surface area contributed by atoms with Crippen LogP contribution in [0.5, 0.6) is 0 Å². The molecule has 1 aliphatic heterocycles. The number of sulfonamides is 1. The number of primary sulfonamides is 1. The van der Waals surface area contributed by atoms with Crippen molar-refractivity contribution < 1.29 is 17.9 Å². The van der Waals surface area contributed by atoms with Crippen molar-refractivity contribution in [2.45, 2.75) is 37.2 Å². The quantitative estimate of drug-likeness (QED) is 0.871. The molecule has 3 N–H and O–H groups in total. The van der Waals surface area contributed by atoms with Crippen molar-refractivity contribution in [3.05, 3.63) is 23.8 Å². The van der Waals surface area contributed by atoms with Crippen molar-refractivity contribution in [1.82, 2.24) is 0 Å². The maximum absolute atomic E-state index is 11.9. The van der Waals surface area contributed by atoms with Crippen molar-refractivity contribution in [3.8, 4) is 0 Å². The first-order chi connectivity index (χ1) is 9.36. The van der Waals surface area contributed by atoms with Crippen LogP contribution in [0.2, 0.25) is 0 Å². The summed E-state index contributed by atoms with van der Waals surface area (Å²) in [6, 6.07) is 4.40. The van der Waals surface area contributed by atoms with Gasteiger partial charge in [-0.15, -0.1) is 0 Å². The lowest BCUT2D eigenvalue weighted by molar-refractivity contribution is -0.118. The van der Waals surface area contributed by atoms with Gasteiger partial charge in [0.1, 0.15) is 0 Å². The van der Waals surface area contributed by atoms with Crippen molar-refractivity contribution in [2.24, 2.45) is 5.14 Å². The van der Waals surface area contributed by atoms with Crippen LogP contribution in [0, 0.1) is 6.92 Å². The number of carbonyl (C=O) groups is 1. The second-order valence-electron chi connectivity index (χ2n) is 4.91. The summed E-state index contributed by atoms with van der Waals surface area (Å²) in [5.74, 6) is -0.188. The first-order valence-corrected chi connectivity index (χ1v) is 7.96. The molecule has 110 valence electrons. The zero-order chi connectivity index (χ0) is 14.8. The van der Waals surface area contributed by atoms with Gasteiger partial charge >= 0.3 is 0 Å². The van der Waals surface area contributed by atoms with Gasteiger partial charge in [-0.1, -0.05) is 6.07 Å². The molecule has 0 radical (unpaired) electrons. The topological polar surface area (TPSA) is 98.5 Å². The summed E-state index contributed by atoms with van der Waals surface area (Å²) in [6.45, 7) is 2.48. The predicted molar refractivity (Wildman–Crippen MR) is 74.8 cm³/mol. The third-order valence-corrected chi connectivity index (χ3v) is 4.16.